The molecule has 0 amide bonds. The van der Waals surface area contributed by atoms with E-state index in [0.29, 0.717) is 0 Å². The van der Waals surface area contributed by atoms with E-state index >= 15 is 0 Å². The Morgan fingerprint density at radius 1 is 1.03 bits per heavy atom. The monoisotopic (exact) mass is 400 g/mol. The van der Waals surface area contributed by atoms with Gasteiger partial charge in [-0.15, -0.1) is 0 Å². The summed E-state index contributed by atoms with van der Waals surface area (Å²) in [6.45, 7) is 0.905. The highest BCUT2D eigenvalue weighted by molar-refractivity contribution is 5.83. The predicted octanol–water partition coefficient (Wildman–Crippen LogP) is 4.90. The number of aryl methyl sites for hydroxylation is 3. The van der Waals surface area contributed by atoms with Crippen molar-refractivity contribution in [3.05, 3.63) is 98.5 Å². The maximum absolute atomic E-state index is 12.2. The summed E-state index contributed by atoms with van der Waals surface area (Å²) in [5.41, 5.74) is 7.68. The van der Waals surface area contributed by atoms with Crippen LogP contribution in [-0.4, -0.2) is 23.6 Å². The van der Waals surface area contributed by atoms with Crippen molar-refractivity contribution in [3.8, 4) is 0 Å². The van der Waals surface area contributed by atoms with Gasteiger partial charge < -0.3 is 4.52 Å². The second-order valence-corrected chi connectivity index (χ2v) is 8.48. The topological polar surface area (TPSA) is 49.2 Å². The molecule has 0 fully saturated rings. The molecule has 1 N–H and O–H groups in total. The maximum atomic E-state index is 12.2. The van der Waals surface area contributed by atoms with Crippen molar-refractivity contribution < 1.29 is 4.52 Å². The number of benzene rings is 2. The van der Waals surface area contributed by atoms with Crippen LogP contribution in [0.2, 0.25) is 0 Å². The zero-order chi connectivity index (χ0) is 20.5. The van der Waals surface area contributed by atoms with Gasteiger partial charge in [0.05, 0.1) is 5.56 Å². The Hall–Kier alpha value is -2.85. The molecule has 3 aromatic rings. The van der Waals surface area contributed by atoms with Gasteiger partial charge in [-0.1, -0.05) is 54.6 Å². The Labute approximate surface area is 177 Å². The SMILES string of the molecule is CN(CCC=C1c2ccccc2CCc2ccccc21)[C@@H]1CCCc2o[nH]c(=O)c21. The van der Waals surface area contributed by atoms with Crippen LogP contribution in [0.4, 0.5) is 0 Å². The van der Waals surface area contributed by atoms with Crippen LogP contribution in [0.15, 0.2) is 63.9 Å². The second kappa shape index (κ2) is 8.11. The summed E-state index contributed by atoms with van der Waals surface area (Å²) >= 11 is 0. The molecule has 0 bridgehead atoms. The largest absolute Gasteiger partial charge is 0.383 e. The average molecular weight is 401 g/mol. The van der Waals surface area contributed by atoms with Crippen molar-refractivity contribution in [1.82, 2.24) is 10.1 Å². The van der Waals surface area contributed by atoms with Crippen LogP contribution < -0.4 is 5.56 Å². The van der Waals surface area contributed by atoms with E-state index in [0.717, 1.165) is 56.4 Å². The molecule has 2 aliphatic carbocycles. The molecule has 154 valence electrons. The van der Waals surface area contributed by atoms with Crippen molar-refractivity contribution in [1.29, 1.82) is 0 Å². The molecule has 4 heteroatoms. The molecule has 0 spiro atoms. The van der Waals surface area contributed by atoms with Gasteiger partial charge >= 0.3 is 0 Å². The summed E-state index contributed by atoms with van der Waals surface area (Å²) in [7, 11) is 2.12. The van der Waals surface area contributed by atoms with E-state index in [1.54, 1.807) is 0 Å². The van der Waals surface area contributed by atoms with Crippen LogP contribution in [0.5, 0.6) is 0 Å². The average Bonchev–Trinajstić information content (AvgIpc) is 3.09. The molecule has 0 saturated heterocycles. The van der Waals surface area contributed by atoms with Gasteiger partial charge in [0, 0.05) is 19.0 Å². The van der Waals surface area contributed by atoms with Crippen LogP contribution in [-0.2, 0) is 19.3 Å². The fraction of sp³-hybridized carbons (Fsp3) is 0.346. The van der Waals surface area contributed by atoms with Crippen LogP contribution in [0.25, 0.3) is 5.57 Å². The van der Waals surface area contributed by atoms with E-state index < -0.39 is 0 Å². The van der Waals surface area contributed by atoms with Gasteiger partial charge in [-0.05, 0) is 67.0 Å². The third-order valence-corrected chi connectivity index (χ3v) is 6.67. The molecular formula is C26H28N2O2. The van der Waals surface area contributed by atoms with Crippen LogP contribution in [0.1, 0.15) is 58.9 Å². The highest BCUT2D eigenvalue weighted by Gasteiger charge is 2.29. The van der Waals surface area contributed by atoms with E-state index in [9.17, 15) is 4.79 Å². The molecule has 1 aromatic heterocycles. The summed E-state index contributed by atoms with van der Waals surface area (Å²) < 4.78 is 5.38. The molecule has 1 atom stereocenters. The number of fused-ring (bicyclic) bond motifs is 3. The zero-order valence-corrected chi connectivity index (χ0v) is 17.5. The predicted molar refractivity (Wildman–Crippen MR) is 120 cm³/mol. The fourth-order valence-corrected chi connectivity index (χ4v) is 5.11. The lowest BCUT2D eigenvalue weighted by molar-refractivity contribution is 0.217. The van der Waals surface area contributed by atoms with Crippen molar-refractivity contribution in [2.75, 3.05) is 13.6 Å². The first-order chi connectivity index (χ1) is 14.7. The molecule has 0 unspecified atom stereocenters. The highest BCUT2D eigenvalue weighted by atomic mass is 16.5. The number of rotatable bonds is 4. The standard InChI is InChI=1S/C26H28N2O2/c1-28(23-13-6-14-24-25(23)26(29)27-30-24)17-7-12-22-20-10-4-2-8-18(20)15-16-19-9-3-5-11-21(19)22/h2-5,8-12,23H,6-7,13-17H2,1H3,(H,27,29)/t23-/m1/s1. The lowest BCUT2D eigenvalue weighted by Crippen LogP contribution is -2.31. The molecule has 4 nitrogen and oxygen atoms in total. The number of aromatic nitrogens is 1. The smallest absolute Gasteiger partial charge is 0.284 e. The first-order valence-corrected chi connectivity index (χ1v) is 11.0. The third kappa shape index (κ3) is 3.46. The normalized spacial score (nSPS) is 17.8. The molecule has 1 heterocycles. The van der Waals surface area contributed by atoms with Gasteiger partial charge in [-0.2, -0.15) is 5.16 Å². The van der Waals surface area contributed by atoms with Gasteiger partial charge in [0.15, 0.2) is 0 Å². The third-order valence-electron chi connectivity index (χ3n) is 6.67. The number of aromatic amines is 1. The van der Waals surface area contributed by atoms with Gasteiger partial charge in [0.2, 0.25) is 0 Å². The summed E-state index contributed by atoms with van der Waals surface area (Å²) in [6, 6.07) is 17.7. The Balaban J connectivity index is 1.41. The zero-order valence-electron chi connectivity index (χ0n) is 17.5. The molecule has 2 aliphatic rings. The minimum Gasteiger partial charge on any atom is -0.383 e. The summed E-state index contributed by atoms with van der Waals surface area (Å²) in [6.07, 6.45) is 8.42. The Bertz CT molecular complexity index is 1090. The number of nitrogens with zero attached hydrogens (tertiary/aromatic N) is 1. The van der Waals surface area contributed by atoms with Crippen molar-refractivity contribution in [2.45, 2.75) is 44.6 Å². The Morgan fingerprint density at radius 3 is 2.40 bits per heavy atom. The van der Waals surface area contributed by atoms with Crippen molar-refractivity contribution >= 4 is 5.57 Å². The second-order valence-electron chi connectivity index (χ2n) is 8.48. The van der Waals surface area contributed by atoms with E-state index in [4.69, 9.17) is 4.52 Å². The van der Waals surface area contributed by atoms with Crippen LogP contribution in [0.3, 0.4) is 0 Å². The molecule has 30 heavy (non-hydrogen) atoms. The first kappa shape index (κ1) is 19.1. The Kier molecular flexibility index (Phi) is 5.17. The molecule has 0 radical (unpaired) electrons. The minimum absolute atomic E-state index is 0.0634. The number of hydrogen-bond donors (Lipinski definition) is 1. The van der Waals surface area contributed by atoms with Crippen LogP contribution in [0, 0.1) is 0 Å². The van der Waals surface area contributed by atoms with Crippen molar-refractivity contribution in [2.24, 2.45) is 0 Å². The van der Waals surface area contributed by atoms with Gasteiger partial charge in [-0.3, -0.25) is 9.69 Å². The summed E-state index contributed by atoms with van der Waals surface area (Å²) in [5.74, 6) is 0.841. The minimum atomic E-state index is -0.0634. The first-order valence-electron chi connectivity index (χ1n) is 11.0. The molecular weight excluding hydrogens is 372 g/mol. The van der Waals surface area contributed by atoms with E-state index in [2.05, 4.69) is 71.7 Å². The quantitative estimate of drug-likeness (QED) is 0.678. The van der Waals surface area contributed by atoms with Gasteiger partial charge in [-0.25, -0.2) is 0 Å². The maximum Gasteiger partial charge on any atom is 0.284 e. The van der Waals surface area contributed by atoms with Gasteiger partial charge in [0.1, 0.15) is 5.76 Å². The van der Waals surface area contributed by atoms with E-state index in [1.807, 2.05) is 0 Å². The summed E-state index contributed by atoms with van der Waals surface area (Å²) in [5, 5.41) is 2.53. The molecule has 0 saturated carbocycles. The molecule has 2 aromatic carbocycles. The lowest BCUT2D eigenvalue weighted by atomic mass is 9.92. The van der Waals surface area contributed by atoms with E-state index in [-0.39, 0.29) is 11.6 Å². The molecule has 5 rings (SSSR count). The number of nitrogens with one attached hydrogen (secondary N) is 1. The molecule has 0 aliphatic heterocycles. The fourth-order valence-electron chi connectivity index (χ4n) is 5.11. The highest BCUT2D eigenvalue weighted by Crippen LogP contribution is 2.34. The van der Waals surface area contributed by atoms with E-state index in [1.165, 1.54) is 27.8 Å². The number of H-pyrrole nitrogens is 1. The van der Waals surface area contributed by atoms with Crippen LogP contribution >= 0.6 is 0 Å². The lowest BCUT2D eigenvalue weighted by Gasteiger charge is -2.29. The van der Waals surface area contributed by atoms with Crippen molar-refractivity contribution in [3.63, 3.8) is 0 Å². The summed E-state index contributed by atoms with van der Waals surface area (Å²) in [4.78, 5) is 14.5. The van der Waals surface area contributed by atoms with Gasteiger partial charge in [0.25, 0.3) is 5.56 Å². The Morgan fingerprint density at radius 2 is 1.70 bits per heavy atom. The number of hydrogen-bond acceptors (Lipinski definition) is 3.